The molecule has 1 heterocycles. The lowest BCUT2D eigenvalue weighted by molar-refractivity contribution is 0.317. The van der Waals surface area contributed by atoms with Crippen LogP contribution in [0.3, 0.4) is 0 Å². The fraction of sp³-hybridized carbons (Fsp3) is 0.160. The zero-order chi connectivity index (χ0) is 19.9. The molecule has 0 aliphatic heterocycles. The van der Waals surface area contributed by atoms with Gasteiger partial charge < -0.3 is 9.30 Å². The second-order valence-corrected chi connectivity index (χ2v) is 9.42. The van der Waals surface area contributed by atoms with Gasteiger partial charge in [0.15, 0.2) is 0 Å². The Kier molecular flexibility index (Phi) is 5.91. The molecule has 0 aliphatic carbocycles. The van der Waals surface area contributed by atoms with Crippen LogP contribution >= 0.6 is 0 Å². The quantitative estimate of drug-likeness (QED) is 0.421. The van der Waals surface area contributed by atoms with Gasteiger partial charge in [0, 0.05) is 12.4 Å². The van der Waals surface area contributed by atoms with Crippen molar-refractivity contribution in [3.05, 3.63) is 115 Å². The van der Waals surface area contributed by atoms with Crippen molar-refractivity contribution in [3.63, 3.8) is 0 Å². The third kappa shape index (κ3) is 4.03. The summed E-state index contributed by atoms with van der Waals surface area (Å²) in [6.45, 7) is 2.88. The van der Waals surface area contributed by atoms with Crippen molar-refractivity contribution >= 4 is 14.7 Å². The molecule has 0 unspecified atom stereocenters. The van der Waals surface area contributed by atoms with Crippen LogP contribution in [-0.2, 0) is 5.16 Å². The summed E-state index contributed by atoms with van der Waals surface area (Å²) in [5.41, 5.74) is 2.59. The molecular weight excluding hydrogens is 372 g/mol. The molecule has 0 fully saturated rings. The summed E-state index contributed by atoms with van der Waals surface area (Å²) < 4.78 is 8.07. The number of aromatic nitrogens is 2. The summed E-state index contributed by atoms with van der Waals surface area (Å²) in [5, 5.41) is 1.14. The van der Waals surface area contributed by atoms with Gasteiger partial charge >= 0.3 is 0 Å². The first-order chi connectivity index (χ1) is 14.3. The average Bonchev–Trinajstić information content (AvgIpc) is 3.33. The third-order valence-corrected chi connectivity index (χ3v) is 7.88. The predicted octanol–water partition coefficient (Wildman–Crippen LogP) is 3.92. The van der Waals surface area contributed by atoms with Crippen LogP contribution in [0.5, 0.6) is 5.75 Å². The van der Waals surface area contributed by atoms with E-state index in [1.165, 1.54) is 16.3 Å². The summed E-state index contributed by atoms with van der Waals surface area (Å²) in [4.78, 5) is 4.39. The molecule has 0 spiro atoms. The first-order valence-electron chi connectivity index (χ1n) is 10.1. The molecule has 0 radical (unpaired) electrons. The average molecular weight is 399 g/mol. The molecule has 0 saturated heterocycles. The molecule has 4 rings (SSSR count). The maximum Gasteiger partial charge on any atom is 0.119 e. The fourth-order valence-electron chi connectivity index (χ4n) is 3.89. The van der Waals surface area contributed by atoms with E-state index in [9.17, 15) is 0 Å². The number of nitrogens with zero attached hydrogens (tertiary/aromatic N) is 2. The molecular formula is C25H26N2OSi. The Morgan fingerprint density at radius 2 is 1.48 bits per heavy atom. The topological polar surface area (TPSA) is 27.1 Å². The zero-order valence-electron chi connectivity index (χ0n) is 16.7. The van der Waals surface area contributed by atoms with E-state index in [1.54, 1.807) is 0 Å². The second-order valence-electron chi connectivity index (χ2n) is 7.23. The van der Waals surface area contributed by atoms with Gasteiger partial charge in [-0.05, 0) is 29.7 Å². The number of ether oxygens (including phenoxy) is 1. The predicted molar refractivity (Wildman–Crippen MR) is 122 cm³/mol. The van der Waals surface area contributed by atoms with Crippen molar-refractivity contribution in [1.82, 2.24) is 9.55 Å². The monoisotopic (exact) mass is 398 g/mol. The summed E-state index contributed by atoms with van der Waals surface area (Å²) >= 11 is 0. The number of hydrogen-bond donors (Lipinski definition) is 0. The molecule has 0 saturated carbocycles. The highest BCUT2D eigenvalue weighted by molar-refractivity contribution is 6.57. The Morgan fingerprint density at radius 3 is 2.00 bits per heavy atom. The standard InChI is InChI=1S/C25H26N2OSi/c1-2-19-28-23-13-15-24(16-14-23)29-25(27-18-17-26-20-27,21-9-5-3-6-10-21)22-11-7-4-8-12-22/h3-18,20H,2,19,29H2,1H3. The normalized spacial score (nSPS) is 11.8. The van der Waals surface area contributed by atoms with Crippen LogP contribution in [0.4, 0.5) is 0 Å². The van der Waals surface area contributed by atoms with E-state index in [0.29, 0.717) is 0 Å². The summed E-state index contributed by atoms with van der Waals surface area (Å²) in [7, 11) is -0.838. The van der Waals surface area contributed by atoms with Gasteiger partial charge in [-0.15, -0.1) is 0 Å². The molecule has 3 nitrogen and oxygen atoms in total. The maximum atomic E-state index is 5.78. The Hall–Kier alpha value is -3.11. The first kappa shape index (κ1) is 19.2. The molecule has 4 aromatic rings. The van der Waals surface area contributed by atoms with E-state index in [0.717, 1.165) is 18.8 Å². The van der Waals surface area contributed by atoms with E-state index in [1.807, 2.05) is 12.5 Å². The van der Waals surface area contributed by atoms with Crippen LogP contribution in [0.2, 0.25) is 0 Å². The van der Waals surface area contributed by atoms with Crippen molar-refractivity contribution in [2.24, 2.45) is 0 Å². The second kappa shape index (κ2) is 8.93. The maximum absolute atomic E-state index is 5.78. The van der Waals surface area contributed by atoms with E-state index < -0.39 is 9.52 Å². The van der Waals surface area contributed by atoms with Gasteiger partial charge in [0.25, 0.3) is 0 Å². The molecule has 4 heteroatoms. The van der Waals surface area contributed by atoms with Crippen molar-refractivity contribution < 1.29 is 4.74 Å². The molecule has 0 aliphatic rings. The van der Waals surface area contributed by atoms with Gasteiger partial charge in [-0.25, -0.2) is 4.98 Å². The summed E-state index contributed by atoms with van der Waals surface area (Å²) in [6.07, 6.45) is 6.93. The third-order valence-electron chi connectivity index (χ3n) is 5.30. The first-order valence-corrected chi connectivity index (χ1v) is 11.6. The van der Waals surface area contributed by atoms with Gasteiger partial charge in [-0.1, -0.05) is 84.9 Å². The van der Waals surface area contributed by atoms with E-state index in [4.69, 9.17) is 4.74 Å². The van der Waals surface area contributed by atoms with Crippen LogP contribution < -0.4 is 9.92 Å². The van der Waals surface area contributed by atoms with Crippen molar-refractivity contribution in [2.45, 2.75) is 18.5 Å². The summed E-state index contributed by atoms with van der Waals surface area (Å²) in [6, 6.07) is 30.3. The van der Waals surface area contributed by atoms with E-state index in [2.05, 4.69) is 108 Å². The van der Waals surface area contributed by atoms with E-state index in [-0.39, 0.29) is 5.16 Å². The van der Waals surface area contributed by atoms with Crippen LogP contribution in [0.15, 0.2) is 104 Å². The van der Waals surface area contributed by atoms with Gasteiger partial charge in [0.1, 0.15) is 5.75 Å². The Labute approximate surface area is 174 Å². The smallest absolute Gasteiger partial charge is 0.119 e. The minimum Gasteiger partial charge on any atom is -0.494 e. The van der Waals surface area contributed by atoms with Crippen LogP contribution in [0.1, 0.15) is 24.5 Å². The van der Waals surface area contributed by atoms with Crippen molar-refractivity contribution in [2.75, 3.05) is 6.61 Å². The lowest BCUT2D eigenvalue weighted by Gasteiger charge is -2.37. The highest BCUT2D eigenvalue weighted by Crippen LogP contribution is 2.33. The van der Waals surface area contributed by atoms with Gasteiger partial charge in [-0.3, -0.25) is 0 Å². The molecule has 146 valence electrons. The number of hydrogen-bond acceptors (Lipinski definition) is 2. The van der Waals surface area contributed by atoms with Gasteiger partial charge in [-0.2, -0.15) is 0 Å². The molecule has 0 N–H and O–H groups in total. The highest BCUT2D eigenvalue weighted by Gasteiger charge is 2.36. The Bertz CT molecular complexity index is 960. The van der Waals surface area contributed by atoms with Crippen molar-refractivity contribution in [3.8, 4) is 5.75 Å². The van der Waals surface area contributed by atoms with Crippen molar-refractivity contribution in [1.29, 1.82) is 0 Å². The minimum atomic E-state index is -0.838. The lowest BCUT2D eigenvalue weighted by Crippen LogP contribution is -2.46. The van der Waals surface area contributed by atoms with Gasteiger partial charge in [0.2, 0.25) is 0 Å². The SMILES string of the molecule is CCCOc1ccc([SiH2]C(c2ccccc2)(c2ccccc2)n2ccnc2)cc1. The molecule has 3 aromatic carbocycles. The number of rotatable bonds is 8. The highest BCUT2D eigenvalue weighted by atomic mass is 28.2. The molecule has 0 amide bonds. The van der Waals surface area contributed by atoms with Crippen LogP contribution in [0.25, 0.3) is 0 Å². The van der Waals surface area contributed by atoms with Gasteiger partial charge in [0.05, 0.1) is 27.6 Å². The molecule has 29 heavy (non-hydrogen) atoms. The molecule has 0 bridgehead atoms. The number of imidazole rings is 1. The zero-order valence-corrected chi connectivity index (χ0v) is 18.2. The Balaban J connectivity index is 1.82. The largest absolute Gasteiger partial charge is 0.494 e. The fourth-order valence-corrected chi connectivity index (χ4v) is 6.20. The number of benzene rings is 3. The van der Waals surface area contributed by atoms with Crippen LogP contribution in [-0.4, -0.2) is 25.7 Å². The molecule has 1 aromatic heterocycles. The lowest BCUT2D eigenvalue weighted by atomic mass is 9.97. The Morgan fingerprint density at radius 1 is 0.862 bits per heavy atom. The van der Waals surface area contributed by atoms with E-state index >= 15 is 0 Å². The minimum absolute atomic E-state index is 0.245. The van der Waals surface area contributed by atoms with Crippen LogP contribution in [0, 0.1) is 0 Å². The molecule has 0 atom stereocenters. The summed E-state index contributed by atoms with van der Waals surface area (Å²) in [5.74, 6) is 0.942.